The molecule has 144 valence electrons. The Morgan fingerprint density at radius 3 is 2.85 bits per heavy atom. The van der Waals surface area contributed by atoms with Gasteiger partial charge in [0.05, 0.1) is 12.7 Å². The SMILES string of the molecule is CCc1[nH]nc(C(=O)N[C@H]2C[C@H]3CO[C@@H](c4ccc(Cl)cc4)CN3C2)c1C. The van der Waals surface area contributed by atoms with E-state index in [4.69, 9.17) is 16.3 Å². The van der Waals surface area contributed by atoms with E-state index in [0.717, 1.165) is 47.8 Å². The Bertz CT molecular complexity index is 820. The molecule has 2 fully saturated rings. The molecule has 0 spiro atoms. The number of rotatable bonds is 4. The first-order valence-corrected chi connectivity index (χ1v) is 9.88. The quantitative estimate of drug-likeness (QED) is 0.844. The van der Waals surface area contributed by atoms with Gasteiger partial charge in [-0.3, -0.25) is 14.8 Å². The maximum absolute atomic E-state index is 12.6. The maximum Gasteiger partial charge on any atom is 0.272 e. The number of benzene rings is 1. The molecule has 1 aromatic heterocycles. The number of aromatic nitrogens is 2. The number of ether oxygens (including phenoxy) is 1. The lowest BCUT2D eigenvalue weighted by atomic mass is 10.1. The van der Waals surface area contributed by atoms with Crippen LogP contribution in [0.1, 0.15) is 46.8 Å². The highest BCUT2D eigenvalue weighted by molar-refractivity contribution is 6.30. The number of hydrogen-bond acceptors (Lipinski definition) is 4. The topological polar surface area (TPSA) is 70.2 Å². The van der Waals surface area contributed by atoms with Crippen molar-refractivity contribution < 1.29 is 9.53 Å². The number of carbonyl (C=O) groups excluding carboxylic acids is 1. The highest BCUT2D eigenvalue weighted by Crippen LogP contribution is 2.31. The van der Waals surface area contributed by atoms with Gasteiger partial charge in [-0.05, 0) is 37.5 Å². The Balaban J connectivity index is 1.37. The van der Waals surface area contributed by atoms with Crippen molar-refractivity contribution in [2.45, 2.75) is 44.9 Å². The summed E-state index contributed by atoms with van der Waals surface area (Å²) in [6.07, 6.45) is 1.80. The van der Waals surface area contributed by atoms with E-state index in [2.05, 4.69) is 20.4 Å². The number of halogens is 1. The van der Waals surface area contributed by atoms with E-state index in [9.17, 15) is 4.79 Å². The van der Waals surface area contributed by atoms with E-state index >= 15 is 0 Å². The first kappa shape index (κ1) is 18.5. The van der Waals surface area contributed by atoms with Crippen molar-refractivity contribution >= 4 is 17.5 Å². The Kier molecular flexibility index (Phi) is 5.21. The molecule has 4 rings (SSSR count). The number of aromatic amines is 1. The Morgan fingerprint density at radius 2 is 2.15 bits per heavy atom. The minimum Gasteiger partial charge on any atom is -0.371 e. The lowest BCUT2D eigenvalue weighted by Gasteiger charge is -2.35. The molecule has 2 N–H and O–H groups in total. The largest absolute Gasteiger partial charge is 0.371 e. The van der Waals surface area contributed by atoms with Crippen molar-refractivity contribution in [3.63, 3.8) is 0 Å². The van der Waals surface area contributed by atoms with Gasteiger partial charge in [0.25, 0.3) is 5.91 Å². The van der Waals surface area contributed by atoms with Crippen molar-refractivity contribution in [1.82, 2.24) is 20.4 Å². The van der Waals surface area contributed by atoms with Crippen LogP contribution in [-0.2, 0) is 11.2 Å². The molecule has 2 aromatic rings. The molecule has 6 nitrogen and oxygen atoms in total. The van der Waals surface area contributed by atoms with Crippen LogP contribution in [0, 0.1) is 6.92 Å². The predicted octanol–water partition coefficient (Wildman–Crippen LogP) is 2.88. The molecule has 3 heterocycles. The summed E-state index contributed by atoms with van der Waals surface area (Å²) in [6.45, 7) is 6.35. The summed E-state index contributed by atoms with van der Waals surface area (Å²) in [5.41, 5.74) is 3.61. The molecule has 1 amide bonds. The van der Waals surface area contributed by atoms with Gasteiger partial charge in [0.15, 0.2) is 5.69 Å². The number of fused-ring (bicyclic) bond motifs is 1. The third-order valence-electron chi connectivity index (χ3n) is 5.67. The van der Waals surface area contributed by atoms with Gasteiger partial charge in [0.2, 0.25) is 0 Å². The van der Waals surface area contributed by atoms with Crippen molar-refractivity contribution in [2.24, 2.45) is 0 Å². The number of H-pyrrole nitrogens is 1. The second-order valence-electron chi connectivity index (χ2n) is 7.42. The highest BCUT2D eigenvalue weighted by atomic mass is 35.5. The molecule has 0 saturated carbocycles. The monoisotopic (exact) mass is 388 g/mol. The number of morpholine rings is 1. The van der Waals surface area contributed by atoms with Crippen LogP contribution in [0.3, 0.4) is 0 Å². The molecule has 0 unspecified atom stereocenters. The Hall–Kier alpha value is -1.89. The van der Waals surface area contributed by atoms with Crippen LogP contribution in [-0.4, -0.2) is 52.8 Å². The summed E-state index contributed by atoms with van der Waals surface area (Å²) in [4.78, 5) is 15.0. The fourth-order valence-electron chi connectivity index (χ4n) is 4.11. The highest BCUT2D eigenvalue weighted by Gasteiger charge is 2.38. The van der Waals surface area contributed by atoms with Gasteiger partial charge < -0.3 is 10.1 Å². The first-order chi connectivity index (χ1) is 13.0. The first-order valence-electron chi connectivity index (χ1n) is 9.51. The standard InChI is InChI=1S/C20H25ClN4O2/c1-3-17-12(2)19(24-23-17)20(26)22-15-8-16-11-27-18(10-25(16)9-15)13-4-6-14(21)7-5-13/h4-7,15-16,18H,3,8-11H2,1-2H3,(H,22,26)(H,23,24)/t15-,16-,18+/m0/s1. The molecule has 1 aromatic carbocycles. The summed E-state index contributed by atoms with van der Waals surface area (Å²) >= 11 is 5.98. The number of amides is 1. The lowest BCUT2D eigenvalue weighted by molar-refractivity contribution is -0.0502. The lowest BCUT2D eigenvalue weighted by Crippen LogP contribution is -2.43. The van der Waals surface area contributed by atoms with E-state index in [1.807, 2.05) is 38.1 Å². The van der Waals surface area contributed by atoms with Crippen LogP contribution in [0.5, 0.6) is 0 Å². The van der Waals surface area contributed by atoms with Gasteiger partial charge in [0.1, 0.15) is 0 Å². The summed E-state index contributed by atoms with van der Waals surface area (Å²) < 4.78 is 6.08. The van der Waals surface area contributed by atoms with E-state index in [0.29, 0.717) is 18.3 Å². The van der Waals surface area contributed by atoms with E-state index in [1.165, 1.54) is 0 Å². The fraction of sp³-hybridized carbons (Fsp3) is 0.500. The molecule has 2 aliphatic heterocycles. The molecule has 7 heteroatoms. The minimum atomic E-state index is -0.0940. The minimum absolute atomic E-state index is 0.0497. The molecule has 0 aliphatic carbocycles. The zero-order valence-corrected chi connectivity index (χ0v) is 16.4. The van der Waals surface area contributed by atoms with E-state index < -0.39 is 0 Å². The molecular formula is C20H25ClN4O2. The summed E-state index contributed by atoms with van der Waals surface area (Å²) in [6, 6.07) is 8.32. The summed E-state index contributed by atoms with van der Waals surface area (Å²) in [5.74, 6) is -0.0940. The van der Waals surface area contributed by atoms with Gasteiger partial charge in [-0.1, -0.05) is 30.7 Å². The van der Waals surface area contributed by atoms with Crippen LogP contribution in [0.15, 0.2) is 24.3 Å². The second kappa shape index (κ2) is 7.62. The third-order valence-corrected chi connectivity index (χ3v) is 5.93. The molecule has 27 heavy (non-hydrogen) atoms. The molecule has 2 aliphatic rings. The van der Waals surface area contributed by atoms with Crippen LogP contribution in [0.25, 0.3) is 0 Å². The number of carbonyl (C=O) groups is 1. The number of hydrogen-bond donors (Lipinski definition) is 2. The van der Waals surface area contributed by atoms with Crippen LogP contribution in [0.2, 0.25) is 5.02 Å². The zero-order valence-electron chi connectivity index (χ0n) is 15.7. The molecule has 0 bridgehead atoms. The second-order valence-corrected chi connectivity index (χ2v) is 7.85. The number of aryl methyl sites for hydroxylation is 1. The third kappa shape index (κ3) is 3.74. The number of nitrogens with one attached hydrogen (secondary N) is 2. The molecule has 0 radical (unpaired) electrons. The van der Waals surface area contributed by atoms with Gasteiger partial charge in [-0.25, -0.2) is 0 Å². The normalized spacial score (nSPS) is 25.4. The fourth-order valence-corrected chi connectivity index (χ4v) is 4.24. The van der Waals surface area contributed by atoms with Gasteiger partial charge in [-0.2, -0.15) is 5.10 Å². The van der Waals surface area contributed by atoms with Crippen molar-refractivity contribution in [3.05, 3.63) is 51.8 Å². The summed E-state index contributed by atoms with van der Waals surface area (Å²) in [7, 11) is 0. The molecule has 3 atom stereocenters. The van der Waals surface area contributed by atoms with Crippen LogP contribution in [0.4, 0.5) is 0 Å². The Morgan fingerprint density at radius 1 is 1.37 bits per heavy atom. The molecular weight excluding hydrogens is 364 g/mol. The van der Waals surface area contributed by atoms with Crippen LogP contribution < -0.4 is 5.32 Å². The predicted molar refractivity (Wildman–Crippen MR) is 104 cm³/mol. The van der Waals surface area contributed by atoms with Crippen molar-refractivity contribution in [1.29, 1.82) is 0 Å². The van der Waals surface area contributed by atoms with Gasteiger partial charge >= 0.3 is 0 Å². The maximum atomic E-state index is 12.6. The van der Waals surface area contributed by atoms with E-state index in [1.54, 1.807) is 0 Å². The average Bonchev–Trinajstić information content (AvgIpc) is 3.24. The smallest absolute Gasteiger partial charge is 0.272 e. The Labute approximate surface area is 164 Å². The van der Waals surface area contributed by atoms with E-state index in [-0.39, 0.29) is 18.1 Å². The molecule has 2 saturated heterocycles. The number of nitrogens with zero attached hydrogens (tertiary/aromatic N) is 2. The van der Waals surface area contributed by atoms with Crippen molar-refractivity contribution in [3.8, 4) is 0 Å². The average molecular weight is 389 g/mol. The van der Waals surface area contributed by atoms with Gasteiger partial charge in [-0.15, -0.1) is 0 Å². The van der Waals surface area contributed by atoms with Crippen LogP contribution >= 0.6 is 11.6 Å². The van der Waals surface area contributed by atoms with Gasteiger partial charge in [0, 0.05) is 41.5 Å². The van der Waals surface area contributed by atoms with Crippen molar-refractivity contribution in [2.75, 3.05) is 19.7 Å². The zero-order chi connectivity index (χ0) is 19.0. The summed E-state index contributed by atoms with van der Waals surface area (Å²) in [5, 5.41) is 11.0.